The molecule has 0 bridgehead atoms. The number of hydrogen-bond donors (Lipinski definition) is 1. The molecule has 2 rings (SSSR count). The maximum Gasteiger partial charge on any atom is 0.225 e. The highest BCUT2D eigenvalue weighted by Gasteiger charge is 2.18. The zero-order valence-corrected chi connectivity index (χ0v) is 11.3. The van der Waals surface area contributed by atoms with E-state index < -0.39 is 0 Å². The molecule has 94 valence electrons. The molecule has 0 aliphatic carbocycles. The van der Waals surface area contributed by atoms with Crippen LogP contribution in [0.5, 0.6) is 0 Å². The third kappa shape index (κ3) is 3.57. The van der Waals surface area contributed by atoms with Gasteiger partial charge in [-0.05, 0) is 18.9 Å². The van der Waals surface area contributed by atoms with Crippen LogP contribution in [0.3, 0.4) is 0 Å². The second-order valence-corrected chi connectivity index (χ2v) is 6.25. The smallest absolute Gasteiger partial charge is 0.225 e. The summed E-state index contributed by atoms with van der Waals surface area (Å²) in [6, 6.07) is 0.163. The Hall–Kier alpha value is -0.810. The Kier molecular flexibility index (Phi) is 4.23. The molecule has 2 N–H and O–H groups in total. The summed E-state index contributed by atoms with van der Waals surface area (Å²) in [6.07, 6.45) is 4.64. The average molecular weight is 252 g/mol. The van der Waals surface area contributed by atoms with E-state index in [2.05, 4.69) is 21.8 Å². The Balaban J connectivity index is 2.01. The minimum absolute atomic E-state index is 0.163. The zero-order chi connectivity index (χ0) is 12.3. The van der Waals surface area contributed by atoms with Crippen LogP contribution in [0.1, 0.15) is 19.4 Å². The van der Waals surface area contributed by atoms with Gasteiger partial charge in [0.2, 0.25) is 5.95 Å². The minimum Gasteiger partial charge on any atom is -0.339 e. The van der Waals surface area contributed by atoms with Crippen molar-refractivity contribution >= 4 is 17.7 Å². The first kappa shape index (κ1) is 12.6. The van der Waals surface area contributed by atoms with Gasteiger partial charge in [0.15, 0.2) is 0 Å². The van der Waals surface area contributed by atoms with E-state index in [9.17, 15) is 0 Å². The fraction of sp³-hybridized carbons (Fsp3) is 0.667. The van der Waals surface area contributed by atoms with Crippen molar-refractivity contribution in [1.29, 1.82) is 0 Å². The van der Waals surface area contributed by atoms with Gasteiger partial charge in [-0.15, -0.1) is 0 Å². The van der Waals surface area contributed by atoms with Crippen molar-refractivity contribution in [3.63, 3.8) is 0 Å². The Morgan fingerprint density at radius 2 is 2.24 bits per heavy atom. The number of rotatable bonds is 3. The van der Waals surface area contributed by atoms with Crippen LogP contribution in [-0.2, 0) is 6.42 Å². The quantitative estimate of drug-likeness (QED) is 0.879. The van der Waals surface area contributed by atoms with Gasteiger partial charge in [0.05, 0.1) is 0 Å². The molecule has 0 aromatic carbocycles. The van der Waals surface area contributed by atoms with Gasteiger partial charge < -0.3 is 10.6 Å². The lowest BCUT2D eigenvalue weighted by molar-refractivity contribution is 0.723. The van der Waals surface area contributed by atoms with Gasteiger partial charge in [-0.2, -0.15) is 11.8 Å². The largest absolute Gasteiger partial charge is 0.339 e. The van der Waals surface area contributed by atoms with Crippen LogP contribution in [0.2, 0.25) is 0 Å². The molecule has 2 atom stereocenters. The van der Waals surface area contributed by atoms with Crippen LogP contribution in [0, 0.1) is 0 Å². The van der Waals surface area contributed by atoms with Crippen LogP contribution in [-0.4, -0.2) is 40.1 Å². The molecule has 1 aromatic rings. The van der Waals surface area contributed by atoms with E-state index in [1.165, 1.54) is 0 Å². The van der Waals surface area contributed by atoms with E-state index in [1.807, 2.05) is 31.1 Å². The van der Waals surface area contributed by atoms with Crippen molar-refractivity contribution in [2.24, 2.45) is 5.73 Å². The molecule has 0 spiro atoms. The van der Waals surface area contributed by atoms with E-state index >= 15 is 0 Å². The van der Waals surface area contributed by atoms with Crippen molar-refractivity contribution in [2.75, 3.05) is 23.7 Å². The summed E-state index contributed by atoms with van der Waals surface area (Å²) in [5, 5.41) is 0.663. The Morgan fingerprint density at radius 3 is 2.82 bits per heavy atom. The number of thioether (sulfide) groups is 1. The molecule has 4 nitrogen and oxygen atoms in total. The second-order valence-electron chi connectivity index (χ2n) is 4.70. The highest BCUT2D eigenvalue weighted by Crippen LogP contribution is 2.20. The molecule has 1 fully saturated rings. The number of anilines is 1. The minimum atomic E-state index is 0.163. The summed E-state index contributed by atoms with van der Waals surface area (Å²) in [7, 11) is 0. The van der Waals surface area contributed by atoms with E-state index in [0.29, 0.717) is 5.25 Å². The first-order chi connectivity index (χ1) is 8.15. The van der Waals surface area contributed by atoms with Gasteiger partial charge in [0.25, 0.3) is 0 Å². The maximum atomic E-state index is 5.75. The van der Waals surface area contributed by atoms with Crippen LogP contribution in [0.25, 0.3) is 0 Å². The summed E-state index contributed by atoms with van der Waals surface area (Å²) in [6.45, 7) is 6.33. The fourth-order valence-electron chi connectivity index (χ4n) is 1.99. The number of aromatic nitrogens is 2. The first-order valence-electron chi connectivity index (χ1n) is 6.08. The van der Waals surface area contributed by atoms with Crippen LogP contribution < -0.4 is 10.6 Å². The molecule has 1 aromatic heterocycles. The topological polar surface area (TPSA) is 55.0 Å². The molecule has 2 heterocycles. The van der Waals surface area contributed by atoms with Crippen molar-refractivity contribution in [3.8, 4) is 0 Å². The summed E-state index contributed by atoms with van der Waals surface area (Å²) in [5.74, 6) is 2.01. The van der Waals surface area contributed by atoms with Crippen LogP contribution in [0.15, 0.2) is 12.4 Å². The van der Waals surface area contributed by atoms with Gasteiger partial charge in [-0.25, -0.2) is 9.97 Å². The molecular formula is C12H20N4S. The van der Waals surface area contributed by atoms with E-state index in [4.69, 9.17) is 5.73 Å². The summed E-state index contributed by atoms with van der Waals surface area (Å²) in [5.41, 5.74) is 6.87. The highest BCUT2D eigenvalue weighted by molar-refractivity contribution is 8.00. The average Bonchev–Trinajstić information content (AvgIpc) is 2.29. The highest BCUT2D eigenvalue weighted by atomic mass is 32.2. The normalized spacial score (nSPS) is 22.5. The molecular weight excluding hydrogens is 232 g/mol. The fourth-order valence-corrected chi connectivity index (χ4v) is 3.00. The summed E-state index contributed by atoms with van der Waals surface area (Å²) < 4.78 is 0. The predicted molar refractivity (Wildman–Crippen MR) is 73.5 cm³/mol. The zero-order valence-electron chi connectivity index (χ0n) is 10.5. The predicted octanol–water partition coefficient (Wildman–Crippen LogP) is 1.31. The monoisotopic (exact) mass is 252 g/mol. The molecule has 0 amide bonds. The van der Waals surface area contributed by atoms with Gasteiger partial charge in [-0.3, -0.25) is 0 Å². The van der Waals surface area contributed by atoms with Crippen LogP contribution >= 0.6 is 11.8 Å². The summed E-state index contributed by atoms with van der Waals surface area (Å²) >= 11 is 2.01. The lowest BCUT2D eigenvalue weighted by Gasteiger charge is -2.30. The van der Waals surface area contributed by atoms with E-state index in [0.717, 1.165) is 36.8 Å². The van der Waals surface area contributed by atoms with Crippen molar-refractivity contribution < 1.29 is 0 Å². The number of nitrogens with two attached hydrogens (primary N) is 1. The second kappa shape index (κ2) is 5.69. The van der Waals surface area contributed by atoms with Crippen molar-refractivity contribution in [3.05, 3.63) is 18.0 Å². The molecule has 1 aliphatic rings. The molecule has 2 unspecified atom stereocenters. The molecule has 1 saturated heterocycles. The molecule has 1 aliphatic heterocycles. The van der Waals surface area contributed by atoms with Crippen molar-refractivity contribution in [2.45, 2.75) is 31.6 Å². The first-order valence-corrected chi connectivity index (χ1v) is 7.13. The van der Waals surface area contributed by atoms with E-state index in [-0.39, 0.29) is 6.04 Å². The molecule has 5 heteroatoms. The molecule has 0 radical (unpaired) electrons. The maximum absolute atomic E-state index is 5.75. The third-order valence-electron chi connectivity index (χ3n) is 2.77. The van der Waals surface area contributed by atoms with Crippen molar-refractivity contribution in [1.82, 2.24) is 9.97 Å². The SMILES string of the molecule is CC(N)Cc1cnc(N2CCSC(C)C2)nc1. The lowest BCUT2D eigenvalue weighted by Crippen LogP contribution is -2.37. The molecule has 17 heavy (non-hydrogen) atoms. The molecule has 0 saturated carbocycles. The summed E-state index contributed by atoms with van der Waals surface area (Å²) in [4.78, 5) is 11.1. The Bertz CT molecular complexity index is 352. The number of nitrogens with zero attached hydrogens (tertiary/aromatic N) is 3. The van der Waals surface area contributed by atoms with E-state index in [1.54, 1.807) is 0 Å². The van der Waals surface area contributed by atoms with Gasteiger partial charge in [0.1, 0.15) is 0 Å². The Morgan fingerprint density at radius 1 is 1.53 bits per heavy atom. The standard InChI is InChI=1S/C12H20N4S/c1-9(13)5-11-6-14-12(15-7-11)16-3-4-17-10(2)8-16/h6-7,9-10H,3-5,8,13H2,1-2H3. The third-order valence-corrected chi connectivity index (χ3v) is 3.91. The van der Waals surface area contributed by atoms with Gasteiger partial charge in [-0.1, -0.05) is 6.92 Å². The number of hydrogen-bond acceptors (Lipinski definition) is 5. The lowest BCUT2D eigenvalue weighted by atomic mass is 10.1. The van der Waals surface area contributed by atoms with Gasteiger partial charge in [0, 0.05) is 42.5 Å². The van der Waals surface area contributed by atoms with Gasteiger partial charge >= 0.3 is 0 Å². The Labute approximate surface area is 107 Å². The van der Waals surface area contributed by atoms with Crippen LogP contribution in [0.4, 0.5) is 5.95 Å².